The summed E-state index contributed by atoms with van der Waals surface area (Å²) in [6.07, 6.45) is 2.75. The SMILES string of the molecule is C=CCCN(CC)CC(=O)OCc1ccccc1. The number of esters is 1. The van der Waals surface area contributed by atoms with Crippen molar-refractivity contribution in [3.05, 3.63) is 48.6 Å². The van der Waals surface area contributed by atoms with E-state index in [4.69, 9.17) is 4.74 Å². The molecule has 0 saturated heterocycles. The minimum atomic E-state index is -0.176. The molecular formula is C15H21NO2. The molecule has 3 nitrogen and oxygen atoms in total. The Morgan fingerprint density at radius 2 is 2.11 bits per heavy atom. The van der Waals surface area contributed by atoms with Crippen molar-refractivity contribution in [2.24, 2.45) is 0 Å². The van der Waals surface area contributed by atoms with E-state index in [1.165, 1.54) is 0 Å². The van der Waals surface area contributed by atoms with E-state index < -0.39 is 0 Å². The van der Waals surface area contributed by atoms with Gasteiger partial charge in [0.05, 0.1) is 6.54 Å². The van der Waals surface area contributed by atoms with Crippen LogP contribution in [0.25, 0.3) is 0 Å². The molecule has 0 unspecified atom stereocenters. The number of hydrogen-bond donors (Lipinski definition) is 0. The molecule has 3 heteroatoms. The second-order valence-electron chi connectivity index (χ2n) is 4.09. The summed E-state index contributed by atoms with van der Waals surface area (Å²) < 4.78 is 5.23. The highest BCUT2D eigenvalue weighted by molar-refractivity contribution is 5.71. The van der Waals surface area contributed by atoms with Crippen LogP contribution in [0, 0.1) is 0 Å². The highest BCUT2D eigenvalue weighted by atomic mass is 16.5. The van der Waals surface area contributed by atoms with E-state index in [2.05, 4.69) is 11.5 Å². The molecule has 0 atom stereocenters. The van der Waals surface area contributed by atoms with Crippen molar-refractivity contribution in [2.45, 2.75) is 20.0 Å². The zero-order valence-electron chi connectivity index (χ0n) is 11.0. The lowest BCUT2D eigenvalue weighted by Gasteiger charge is -2.18. The Hall–Kier alpha value is -1.61. The number of rotatable bonds is 8. The van der Waals surface area contributed by atoms with Crippen molar-refractivity contribution in [3.8, 4) is 0 Å². The maximum Gasteiger partial charge on any atom is 0.320 e. The fraction of sp³-hybridized carbons (Fsp3) is 0.400. The van der Waals surface area contributed by atoms with Crippen molar-refractivity contribution in [1.29, 1.82) is 0 Å². The molecule has 1 rings (SSSR count). The van der Waals surface area contributed by atoms with Crippen LogP contribution in [0.1, 0.15) is 18.9 Å². The first-order chi connectivity index (χ1) is 8.76. The maximum atomic E-state index is 11.7. The fourth-order valence-corrected chi connectivity index (χ4v) is 1.59. The van der Waals surface area contributed by atoms with Crippen LogP contribution in [0.2, 0.25) is 0 Å². The molecule has 0 aromatic heterocycles. The Morgan fingerprint density at radius 1 is 1.39 bits per heavy atom. The monoisotopic (exact) mass is 247 g/mol. The third-order valence-electron chi connectivity index (χ3n) is 2.69. The Bertz CT molecular complexity index is 362. The van der Waals surface area contributed by atoms with E-state index in [0.29, 0.717) is 13.2 Å². The van der Waals surface area contributed by atoms with Crippen LogP contribution in [0.15, 0.2) is 43.0 Å². The Labute approximate surface area is 109 Å². The average molecular weight is 247 g/mol. The molecule has 0 amide bonds. The Morgan fingerprint density at radius 3 is 2.72 bits per heavy atom. The summed E-state index contributed by atoms with van der Waals surface area (Å²) in [7, 11) is 0. The van der Waals surface area contributed by atoms with Gasteiger partial charge in [-0.1, -0.05) is 43.3 Å². The van der Waals surface area contributed by atoms with Gasteiger partial charge in [-0.15, -0.1) is 6.58 Å². The van der Waals surface area contributed by atoms with Crippen LogP contribution < -0.4 is 0 Å². The molecule has 0 radical (unpaired) electrons. The molecular weight excluding hydrogens is 226 g/mol. The van der Waals surface area contributed by atoms with Crippen LogP contribution in [0.5, 0.6) is 0 Å². The molecule has 0 bridgehead atoms. The normalized spacial score (nSPS) is 10.3. The summed E-state index contributed by atoms with van der Waals surface area (Å²) in [4.78, 5) is 13.7. The van der Waals surface area contributed by atoms with Gasteiger partial charge in [0.15, 0.2) is 0 Å². The lowest BCUT2D eigenvalue weighted by molar-refractivity contribution is -0.146. The number of benzene rings is 1. The van der Waals surface area contributed by atoms with E-state index in [1.54, 1.807) is 0 Å². The van der Waals surface area contributed by atoms with Gasteiger partial charge in [0, 0.05) is 6.54 Å². The van der Waals surface area contributed by atoms with Crippen LogP contribution in [0.3, 0.4) is 0 Å². The number of hydrogen-bond acceptors (Lipinski definition) is 3. The maximum absolute atomic E-state index is 11.7. The quantitative estimate of drug-likeness (QED) is 0.522. The molecule has 98 valence electrons. The second-order valence-corrected chi connectivity index (χ2v) is 4.09. The molecule has 0 spiro atoms. The zero-order valence-corrected chi connectivity index (χ0v) is 11.0. The summed E-state index contributed by atoms with van der Waals surface area (Å²) in [5, 5.41) is 0. The zero-order chi connectivity index (χ0) is 13.2. The summed E-state index contributed by atoms with van der Waals surface area (Å²) in [6.45, 7) is 8.09. The van der Waals surface area contributed by atoms with Crippen LogP contribution in [-0.2, 0) is 16.1 Å². The molecule has 1 aromatic carbocycles. The van der Waals surface area contributed by atoms with Gasteiger partial charge in [0.2, 0.25) is 0 Å². The first kappa shape index (κ1) is 14.5. The predicted octanol–water partition coefficient (Wildman–Crippen LogP) is 2.63. The molecule has 1 aromatic rings. The highest BCUT2D eigenvalue weighted by Crippen LogP contribution is 2.01. The molecule has 0 heterocycles. The van der Waals surface area contributed by atoms with Crippen LogP contribution >= 0.6 is 0 Å². The van der Waals surface area contributed by atoms with E-state index in [9.17, 15) is 4.79 Å². The molecule has 0 saturated carbocycles. The van der Waals surface area contributed by atoms with Crippen molar-refractivity contribution in [1.82, 2.24) is 4.90 Å². The molecule has 18 heavy (non-hydrogen) atoms. The van der Waals surface area contributed by atoms with Gasteiger partial charge >= 0.3 is 5.97 Å². The molecule has 0 aliphatic carbocycles. The molecule has 0 aliphatic rings. The van der Waals surface area contributed by atoms with Gasteiger partial charge in [-0.2, -0.15) is 0 Å². The largest absolute Gasteiger partial charge is 0.460 e. The van der Waals surface area contributed by atoms with Crippen LogP contribution in [0.4, 0.5) is 0 Å². The van der Waals surface area contributed by atoms with Gasteiger partial charge in [-0.05, 0) is 18.5 Å². The van der Waals surface area contributed by atoms with Gasteiger partial charge in [-0.25, -0.2) is 0 Å². The van der Waals surface area contributed by atoms with Crippen molar-refractivity contribution < 1.29 is 9.53 Å². The third kappa shape index (κ3) is 5.64. The Balaban J connectivity index is 2.30. The number of carbonyl (C=O) groups excluding carboxylic acids is 1. The predicted molar refractivity (Wildman–Crippen MR) is 73.2 cm³/mol. The summed E-state index contributed by atoms with van der Waals surface area (Å²) >= 11 is 0. The number of ether oxygens (including phenoxy) is 1. The summed E-state index contributed by atoms with van der Waals surface area (Å²) in [5.74, 6) is -0.176. The Kier molecular flexibility index (Phi) is 6.81. The lowest BCUT2D eigenvalue weighted by atomic mass is 10.2. The van der Waals surface area contributed by atoms with Crippen LogP contribution in [-0.4, -0.2) is 30.5 Å². The highest BCUT2D eigenvalue weighted by Gasteiger charge is 2.09. The fourth-order valence-electron chi connectivity index (χ4n) is 1.59. The third-order valence-corrected chi connectivity index (χ3v) is 2.69. The minimum Gasteiger partial charge on any atom is -0.460 e. The second kappa shape index (κ2) is 8.48. The number of likely N-dealkylation sites (N-methyl/N-ethyl adjacent to an activating group) is 1. The van der Waals surface area contributed by atoms with Gasteiger partial charge in [-0.3, -0.25) is 9.69 Å². The summed E-state index contributed by atoms with van der Waals surface area (Å²) in [5.41, 5.74) is 1.01. The first-order valence-electron chi connectivity index (χ1n) is 6.29. The van der Waals surface area contributed by atoms with E-state index >= 15 is 0 Å². The number of carbonyl (C=O) groups is 1. The topological polar surface area (TPSA) is 29.5 Å². The summed E-state index contributed by atoms with van der Waals surface area (Å²) in [6, 6.07) is 9.71. The first-order valence-corrected chi connectivity index (χ1v) is 6.29. The van der Waals surface area contributed by atoms with Crippen molar-refractivity contribution in [3.63, 3.8) is 0 Å². The van der Waals surface area contributed by atoms with Gasteiger partial charge < -0.3 is 4.74 Å². The van der Waals surface area contributed by atoms with E-state index in [1.807, 2.05) is 43.3 Å². The molecule has 0 fully saturated rings. The van der Waals surface area contributed by atoms with E-state index in [0.717, 1.165) is 25.1 Å². The number of nitrogens with zero attached hydrogens (tertiary/aromatic N) is 1. The standard InChI is InChI=1S/C15H21NO2/c1-3-5-11-16(4-2)12-15(17)18-13-14-9-7-6-8-10-14/h3,6-10H,1,4-5,11-13H2,2H3. The smallest absolute Gasteiger partial charge is 0.320 e. The molecule has 0 aliphatic heterocycles. The average Bonchev–Trinajstić information content (AvgIpc) is 2.42. The molecule has 0 N–H and O–H groups in total. The van der Waals surface area contributed by atoms with Gasteiger partial charge in [0.25, 0.3) is 0 Å². The van der Waals surface area contributed by atoms with Crippen molar-refractivity contribution in [2.75, 3.05) is 19.6 Å². The lowest BCUT2D eigenvalue weighted by Crippen LogP contribution is -2.31. The van der Waals surface area contributed by atoms with Crippen molar-refractivity contribution >= 4 is 5.97 Å². The van der Waals surface area contributed by atoms with Gasteiger partial charge in [0.1, 0.15) is 6.61 Å². The minimum absolute atomic E-state index is 0.176. The van der Waals surface area contributed by atoms with E-state index in [-0.39, 0.29) is 5.97 Å².